The first kappa shape index (κ1) is 19.6. The maximum absolute atomic E-state index is 13.4. The first-order valence-electron chi connectivity index (χ1n) is 10.6. The number of likely N-dealkylation sites (tertiary alicyclic amines) is 1. The average Bonchev–Trinajstić information content (AvgIpc) is 2.64. The van der Waals surface area contributed by atoms with Crippen LogP contribution in [0.15, 0.2) is 18.2 Å². The van der Waals surface area contributed by atoms with E-state index in [1.165, 1.54) is 31.4 Å². The molecule has 1 saturated heterocycles. The third-order valence-corrected chi connectivity index (χ3v) is 6.26. The zero-order chi connectivity index (χ0) is 19.5. The van der Waals surface area contributed by atoms with Crippen molar-refractivity contribution in [1.29, 1.82) is 0 Å². The van der Waals surface area contributed by atoms with E-state index in [1.807, 2.05) is 0 Å². The van der Waals surface area contributed by atoms with Crippen LogP contribution in [0.25, 0.3) is 0 Å². The first-order valence-corrected chi connectivity index (χ1v) is 10.6. The number of ether oxygens (including phenoxy) is 2. The molecular formula is C22H31FN2O3. The molecule has 5 nitrogen and oxygen atoms in total. The Balaban J connectivity index is 1.24. The second kappa shape index (κ2) is 8.78. The highest BCUT2D eigenvalue weighted by Gasteiger charge is 2.29. The molecule has 2 aliphatic heterocycles. The maximum Gasteiger partial charge on any atom is 0.265 e. The Labute approximate surface area is 166 Å². The summed E-state index contributed by atoms with van der Waals surface area (Å²) in [7, 11) is 0. The number of anilines is 1. The van der Waals surface area contributed by atoms with Crippen LogP contribution in [0.4, 0.5) is 10.1 Å². The Bertz CT molecular complexity index is 686. The van der Waals surface area contributed by atoms with E-state index in [2.05, 4.69) is 11.8 Å². The van der Waals surface area contributed by atoms with Crippen LogP contribution in [-0.4, -0.2) is 56.3 Å². The highest BCUT2D eigenvalue weighted by molar-refractivity contribution is 5.97. The quantitative estimate of drug-likeness (QED) is 0.715. The number of hydrogen-bond acceptors (Lipinski definition) is 4. The molecule has 0 radical (unpaired) electrons. The van der Waals surface area contributed by atoms with Crippen LogP contribution in [0.3, 0.4) is 0 Å². The fraction of sp³-hybridized carbons (Fsp3) is 0.682. The predicted octanol–water partition coefficient (Wildman–Crippen LogP) is 3.47. The molecule has 1 unspecified atom stereocenters. The summed E-state index contributed by atoms with van der Waals surface area (Å²) in [4.78, 5) is 16.6. The minimum absolute atomic E-state index is 0.0209. The summed E-state index contributed by atoms with van der Waals surface area (Å²) in [6, 6.07) is 4.38. The van der Waals surface area contributed by atoms with Gasteiger partial charge < -0.3 is 19.3 Å². The van der Waals surface area contributed by atoms with E-state index in [1.54, 1.807) is 11.0 Å². The van der Waals surface area contributed by atoms with Crippen LogP contribution in [0.1, 0.15) is 39.0 Å². The molecule has 0 N–H and O–H groups in total. The summed E-state index contributed by atoms with van der Waals surface area (Å²) in [5.41, 5.74) is 0.674. The van der Waals surface area contributed by atoms with E-state index in [0.29, 0.717) is 30.0 Å². The van der Waals surface area contributed by atoms with Crippen LogP contribution in [0, 0.1) is 17.7 Å². The lowest BCUT2D eigenvalue weighted by Gasteiger charge is -2.36. The van der Waals surface area contributed by atoms with E-state index in [0.717, 1.165) is 45.0 Å². The van der Waals surface area contributed by atoms with Gasteiger partial charge in [0.15, 0.2) is 6.61 Å². The summed E-state index contributed by atoms with van der Waals surface area (Å²) < 4.78 is 24.9. The Morgan fingerprint density at radius 3 is 2.71 bits per heavy atom. The van der Waals surface area contributed by atoms with Crippen molar-refractivity contribution in [1.82, 2.24) is 4.90 Å². The minimum Gasteiger partial charge on any atom is -0.481 e. The molecule has 1 atom stereocenters. The number of rotatable bonds is 7. The van der Waals surface area contributed by atoms with Crippen LogP contribution in [0.2, 0.25) is 0 Å². The fourth-order valence-corrected chi connectivity index (χ4v) is 4.38. The van der Waals surface area contributed by atoms with Crippen molar-refractivity contribution >= 4 is 11.6 Å². The lowest BCUT2D eigenvalue weighted by Crippen LogP contribution is -2.45. The zero-order valence-corrected chi connectivity index (χ0v) is 16.7. The molecule has 1 aromatic rings. The number of nitrogens with zero attached hydrogens (tertiary/aromatic N) is 2. The smallest absolute Gasteiger partial charge is 0.265 e. The molecule has 2 heterocycles. The Kier molecular flexibility index (Phi) is 6.16. The zero-order valence-electron chi connectivity index (χ0n) is 16.7. The number of carbonyl (C=O) groups is 1. The number of halogens is 1. The molecule has 1 aromatic carbocycles. The second-order valence-electron chi connectivity index (χ2n) is 8.64. The SMILES string of the molecule is CC(CN1CCC(OCC2CCC2)CC1)CN1C(=O)COc2cc(F)ccc21. The van der Waals surface area contributed by atoms with Gasteiger partial charge in [-0.25, -0.2) is 4.39 Å². The summed E-state index contributed by atoms with van der Waals surface area (Å²) in [6.07, 6.45) is 6.65. The second-order valence-corrected chi connectivity index (χ2v) is 8.64. The van der Waals surface area contributed by atoms with Gasteiger partial charge in [-0.15, -0.1) is 0 Å². The van der Waals surface area contributed by atoms with Crippen molar-refractivity contribution in [2.45, 2.75) is 45.1 Å². The molecule has 0 aromatic heterocycles. The van der Waals surface area contributed by atoms with Crippen molar-refractivity contribution in [3.8, 4) is 5.75 Å². The lowest BCUT2D eigenvalue weighted by atomic mass is 9.86. The molecule has 28 heavy (non-hydrogen) atoms. The van der Waals surface area contributed by atoms with Gasteiger partial charge in [0.05, 0.1) is 11.8 Å². The molecule has 0 bridgehead atoms. The summed E-state index contributed by atoms with van der Waals surface area (Å²) in [5, 5.41) is 0. The van der Waals surface area contributed by atoms with E-state index in [4.69, 9.17) is 9.47 Å². The van der Waals surface area contributed by atoms with Crippen LogP contribution >= 0.6 is 0 Å². The largest absolute Gasteiger partial charge is 0.481 e. The van der Waals surface area contributed by atoms with Crippen molar-refractivity contribution in [2.24, 2.45) is 11.8 Å². The van der Waals surface area contributed by atoms with Gasteiger partial charge in [-0.3, -0.25) is 4.79 Å². The molecule has 0 spiro atoms. The average molecular weight is 390 g/mol. The third-order valence-electron chi connectivity index (χ3n) is 6.26. The third kappa shape index (κ3) is 4.66. The van der Waals surface area contributed by atoms with Gasteiger partial charge in [-0.2, -0.15) is 0 Å². The minimum atomic E-state index is -0.344. The highest BCUT2D eigenvalue weighted by atomic mass is 19.1. The monoisotopic (exact) mass is 390 g/mol. The number of carbonyl (C=O) groups excluding carboxylic acids is 1. The number of fused-ring (bicyclic) bond motifs is 1. The van der Waals surface area contributed by atoms with E-state index in [-0.39, 0.29) is 18.3 Å². The predicted molar refractivity (Wildman–Crippen MR) is 106 cm³/mol. The van der Waals surface area contributed by atoms with Crippen LogP contribution in [0.5, 0.6) is 5.75 Å². The van der Waals surface area contributed by atoms with Gasteiger partial charge in [0, 0.05) is 38.9 Å². The molecule has 154 valence electrons. The van der Waals surface area contributed by atoms with Gasteiger partial charge in [-0.05, 0) is 49.7 Å². The molecule has 1 saturated carbocycles. The molecule has 3 aliphatic rings. The van der Waals surface area contributed by atoms with Crippen molar-refractivity contribution in [3.63, 3.8) is 0 Å². The molecule has 6 heteroatoms. The van der Waals surface area contributed by atoms with Gasteiger partial charge in [0.1, 0.15) is 11.6 Å². The van der Waals surface area contributed by atoms with Crippen LogP contribution < -0.4 is 9.64 Å². The van der Waals surface area contributed by atoms with Crippen molar-refractivity contribution in [3.05, 3.63) is 24.0 Å². The molecular weight excluding hydrogens is 359 g/mol. The van der Waals surface area contributed by atoms with Gasteiger partial charge in [-0.1, -0.05) is 13.3 Å². The van der Waals surface area contributed by atoms with E-state index < -0.39 is 0 Å². The number of amides is 1. The number of piperidine rings is 1. The Morgan fingerprint density at radius 1 is 1.21 bits per heavy atom. The van der Waals surface area contributed by atoms with Crippen LogP contribution in [-0.2, 0) is 9.53 Å². The van der Waals surface area contributed by atoms with Gasteiger partial charge in [0.2, 0.25) is 0 Å². The van der Waals surface area contributed by atoms with Crippen molar-refractivity contribution in [2.75, 3.05) is 44.3 Å². The van der Waals surface area contributed by atoms with E-state index >= 15 is 0 Å². The highest BCUT2D eigenvalue weighted by Crippen LogP contribution is 2.33. The summed E-state index contributed by atoms with van der Waals surface area (Å²) in [5.74, 6) is 1.18. The number of hydrogen-bond donors (Lipinski definition) is 0. The normalized spacial score (nSPS) is 22.5. The molecule has 1 aliphatic carbocycles. The molecule has 4 rings (SSSR count). The molecule has 1 amide bonds. The summed E-state index contributed by atoms with van der Waals surface area (Å²) in [6.45, 7) is 6.78. The lowest BCUT2D eigenvalue weighted by molar-refractivity contribution is -0.121. The first-order chi connectivity index (χ1) is 13.6. The van der Waals surface area contributed by atoms with Crippen molar-refractivity contribution < 1.29 is 18.7 Å². The van der Waals surface area contributed by atoms with E-state index in [9.17, 15) is 9.18 Å². The molecule has 2 fully saturated rings. The topological polar surface area (TPSA) is 42.0 Å². The number of benzene rings is 1. The van der Waals surface area contributed by atoms with Gasteiger partial charge in [0.25, 0.3) is 5.91 Å². The summed E-state index contributed by atoms with van der Waals surface area (Å²) >= 11 is 0. The standard InChI is InChI=1S/C22H31FN2O3/c1-16(12-24-9-7-19(8-10-24)27-14-17-3-2-4-17)13-25-20-6-5-18(23)11-21(20)28-15-22(25)26/h5-6,11,16-17,19H,2-4,7-10,12-15H2,1H3. The Hall–Kier alpha value is -1.66. The van der Waals surface area contributed by atoms with Gasteiger partial charge >= 0.3 is 0 Å². The Morgan fingerprint density at radius 2 is 2.00 bits per heavy atom. The maximum atomic E-state index is 13.4. The fourth-order valence-electron chi connectivity index (χ4n) is 4.38.